The highest BCUT2D eigenvalue weighted by atomic mass is 16.5. The molecule has 0 bridgehead atoms. The average Bonchev–Trinajstić information content (AvgIpc) is 2.62. The maximum Gasteiger partial charge on any atom is 0.251 e. The van der Waals surface area contributed by atoms with Crippen LogP contribution in [0.1, 0.15) is 27.5 Å². The summed E-state index contributed by atoms with van der Waals surface area (Å²) >= 11 is 0. The zero-order valence-electron chi connectivity index (χ0n) is 15.3. The third-order valence-electron chi connectivity index (χ3n) is 4.08. The molecule has 0 aliphatic carbocycles. The number of nitrogens with zero attached hydrogens (tertiary/aromatic N) is 1. The Balaban J connectivity index is 2.05. The monoisotopic (exact) mass is 342 g/mol. The summed E-state index contributed by atoms with van der Waals surface area (Å²) in [5.41, 5.74) is 2.75. The molecule has 0 radical (unpaired) electrons. The van der Waals surface area contributed by atoms with Gasteiger partial charge in [0, 0.05) is 19.2 Å². The van der Waals surface area contributed by atoms with Crippen molar-refractivity contribution in [2.75, 3.05) is 34.9 Å². The van der Waals surface area contributed by atoms with Gasteiger partial charge in [0.15, 0.2) is 0 Å². The molecule has 0 aliphatic rings. The summed E-state index contributed by atoms with van der Waals surface area (Å²) in [6.07, 6.45) is 0. The fraction of sp³-hybridized carbons (Fsp3) is 0.350. The van der Waals surface area contributed by atoms with Gasteiger partial charge in [-0.3, -0.25) is 4.79 Å². The van der Waals surface area contributed by atoms with E-state index < -0.39 is 0 Å². The first kappa shape index (κ1) is 19.0. The molecule has 0 aromatic heterocycles. The second-order valence-electron chi connectivity index (χ2n) is 6.10. The van der Waals surface area contributed by atoms with Crippen LogP contribution in [0.25, 0.3) is 0 Å². The molecule has 2 aromatic rings. The Morgan fingerprint density at radius 2 is 1.84 bits per heavy atom. The summed E-state index contributed by atoms with van der Waals surface area (Å²) in [6, 6.07) is 15.5. The smallest absolute Gasteiger partial charge is 0.251 e. The van der Waals surface area contributed by atoms with Crippen molar-refractivity contribution in [1.29, 1.82) is 0 Å². The van der Waals surface area contributed by atoms with E-state index in [-0.39, 0.29) is 11.9 Å². The third-order valence-corrected chi connectivity index (χ3v) is 4.08. The molecule has 0 saturated heterocycles. The molecule has 1 amide bonds. The topological polar surface area (TPSA) is 50.8 Å². The van der Waals surface area contributed by atoms with Crippen molar-refractivity contribution in [3.8, 4) is 5.75 Å². The number of carbonyl (C=O) groups is 1. The molecule has 2 aromatic carbocycles. The molecule has 0 fully saturated rings. The third kappa shape index (κ3) is 5.31. The summed E-state index contributed by atoms with van der Waals surface area (Å²) < 4.78 is 10.3. The molecule has 2 rings (SSSR count). The van der Waals surface area contributed by atoms with Crippen LogP contribution in [-0.2, 0) is 11.3 Å². The minimum absolute atomic E-state index is 0.0806. The van der Waals surface area contributed by atoms with Crippen molar-refractivity contribution in [3.05, 3.63) is 65.2 Å². The number of hydrogen-bond acceptors (Lipinski definition) is 4. The molecule has 0 saturated carbocycles. The van der Waals surface area contributed by atoms with Gasteiger partial charge in [-0.2, -0.15) is 0 Å². The first-order valence-corrected chi connectivity index (χ1v) is 8.21. The van der Waals surface area contributed by atoms with Crippen LogP contribution in [0.3, 0.4) is 0 Å². The van der Waals surface area contributed by atoms with Crippen molar-refractivity contribution in [3.63, 3.8) is 0 Å². The van der Waals surface area contributed by atoms with Gasteiger partial charge in [-0.25, -0.2) is 0 Å². The Labute approximate surface area is 149 Å². The van der Waals surface area contributed by atoms with Gasteiger partial charge in [0.1, 0.15) is 5.75 Å². The lowest BCUT2D eigenvalue weighted by molar-refractivity contribution is 0.0941. The molecule has 1 N–H and O–H groups in total. The predicted molar refractivity (Wildman–Crippen MR) is 98.9 cm³/mol. The van der Waals surface area contributed by atoms with Crippen LogP contribution in [0, 0.1) is 0 Å². The number of amides is 1. The van der Waals surface area contributed by atoms with Crippen LogP contribution in [0.15, 0.2) is 48.5 Å². The van der Waals surface area contributed by atoms with Crippen molar-refractivity contribution >= 4 is 5.91 Å². The van der Waals surface area contributed by atoms with E-state index in [1.54, 1.807) is 14.2 Å². The van der Waals surface area contributed by atoms with Gasteiger partial charge in [-0.1, -0.05) is 24.3 Å². The van der Waals surface area contributed by atoms with Crippen LogP contribution in [0.4, 0.5) is 0 Å². The Bertz CT molecular complexity index is 684. The quantitative estimate of drug-likeness (QED) is 0.801. The Morgan fingerprint density at radius 3 is 2.44 bits per heavy atom. The zero-order valence-corrected chi connectivity index (χ0v) is 15.3. The van der Waals surface area contributed by atoms with E-state index >= 15 is 0 Å². The SMILES string of the molecule is COCc1cccc(C(=O)NCC(c2ccc(OC)cc2)N(C)C)c1. The normalized spacial score (nSPS) is 12.0. The molecule has 0 spiro atoms. The Morgan fingerprint density at radius 1 is 1.12 bits per heavy atom. The Kier molecular flexibility index (Phi) is 6.98. The number of benzene rings is 2. The van der Waals surface area contributed by atoms with Crippen LogP contribution in [0.2, 0.25) is 0 Å². The number of rotatable bonds is 8. The number of likely N-dealkylation sites (N-methyl/N-ethyl adjacent to an activating group) is 1. The van der Waals surface area contributed by atoms with Crippen LogP contribution < -0.4 is 10.1 Å². The minimum atomic E-state index is -0.0849. The number of carbonyl (C=O) groups excluding carboxylic acids is 1. The molecule has 1 unspecified atom stereocenters. The number of hydrogen-bond donors (Lipinski definition) is 1. The van der Waals surface area contributed by atoms with Crippen molar-refractivity contribution in [1.82, 2.24) is 10.2 Å². The van der Waals surface area contributed by atoms with E-state index in [0.717, 1.165) is 16.9 Å². The number of methoxy groups -OCH3 is 2. The molecule has 5 nitrogen and oxygen atoms in total. The fourth-order valence-corrected chi connectivity index (χ4v) is 2.69. The average molecular weight is 342 g/mol. The first-order chi connectivity index (χ1) is 12.0. The number of ether oxygens (including phenoxy) is 2. The van der Waals surface area contributed by atoms with Gasteiger partial charge in [0.25, 0.3) is 5.91 Å². The van der Waals surface area contributed by atoms with E-state index in [1.807, 2.05) is 62.6 Å². The second-order valence-corrected chi connectivity index (χ2v) is 6.10. The molecular formula is C20H26N2O3. The summed E-state index contributed by atoms with van der Waals surface area (Å²) in [6.45, 7) is 1.01. The maximum atomic E-state index is 12.5. The first-order valence-electron chi connectivity index (χ1n) is 8.21. The lowest BCUT2D eigenvalue weighted by atomic mass is 10.1. The molecule has 5 heteroatoms. The summed E-state index contributed by atoms with van der Waals surface area (Å²) in [4.78, 5) is 14.6. The molecule has 134 valence electrons. The molecular weight excluding hydrogens is 316 g/mol. The van der Waals surface area contributed by atoms with E-state index in [4.69, 9.17) is 9.47 Å². The van der Waals surface area contributed by atoms with Crippen LogP contribution >= 0.6 is 0 Å². The van der Waals surface area contributed by atoms with Gasteiger partial charge in [0.2, 0.25) is 0 Å². The molecule has 0 aliphatic heterocycles. The van der Waals surface area contributed by atoms with Gasteiger partial charge in [-0.15, -0.1) is 0 Å². The minimum Gasteiger partial charge on any atom is -0.497 e. The maximum absolute atomic E-state index is 12.5. The highest BCUT2D eigenvalue weighted by Gasteiger charge is 2.16. The fourth-order valence-electron chi connectivity index (χ4n) is 2.69. The van der Waals surface area contributed by atoms with Crippen molar-refractivity contribution < 1.29 is 14.3 Å². The standard InChI is InChI=1S/C20H26N2O3/c1-22(2)19(16-8-10-18(25-4)11-9-16)13-21-20(23)17-7-5-6-15(12-17)14-24-3/h5-12,19H,13-14H2,1-4H3,(H,21,23). The highest BCUT2D eigenvalue weighted by Crippen LogP contribution is 2.21. The predicted octanol–water partition coefficient (Wildman–Crippen LogP) is 2.87. The second kappa shape index (κ2) is 9.20. The van der Waals surface area contributed by atoms with Gasteiger partial charge in [-0.05, 0) is 49.5 Å². The zero-order chi connectivity index (χ0) is 18.2. The van der Waals surface area contributed by atoms with E-state index in [9.17, 15) is 4.79 Å². The van der Waals surface area contributed by atoms with Gasteiger partial charge < -0.3 is 19.7 Å². The highest BCUT2D eigenvalue weighted by molar-refractivity contribution is 5.94. The van der Waals surface area contributed by atoms with Gasteiger partial charge >= 0.3 is 0 Å². The van der Waals surface area contributed by atoms with Crippen molar-refractivity contribution in [2.45, 2.75) is 12.6 Å². The van der Waals surface area contributed by atoms with Crippen LogP contribution in [-0.4, -0.2) is 45.7 Å². The van der Waals surface area contributed by atoms with Crippen molar-refractivity contribution in [2.24, 2.45) is 0 Å². The number of nitrogens with one attached hydrogen (secondary N) is 1. The lowest BCUT2D eigenvalue weighted by Crippen LogP contribution is -2.34. The largest absolute Gasteiger partial charge is 0.497 e. The van der Waals surface area contributed by atoms with E-state index in [0.29, 0.717) is 18.7 Å². The van der Waals surface area contributed by atoms with Gasteiger partial charge in [0.05, 0.1) is 19.8 Å². The molecule has 0 heterocycles. The summed E-state index contributed by atoms with van der Waals surface area (Å²) in [5, 5.41) is 3.02. The van der Waals surface area contributed by atoms with E-state index in [2.05, 4.69) is 10.2 Å². The molecule has 25 heavy (non-hydrogen) atoms. The lowest BCUT2D eigenvalue weighted by Gasteiger charge is -2.25. The molecule has 1 atom stereocenters. The summed E-state index contributed by atoms with van der Waals surface area (Å²) in [7, 11) is 7.29. The van der Waals surface area contributed by atoms with E-state index in [1.165, 1.54) is 0 Å². The Hall–Kier alpha value is -2.37. The van der Waals surface area contributed by atoms with Crippen LogP contribution in [0.5, 0.6) is 5.75 Å². The summed E-state index contributed by atoms with van der Waals surface area (Å²) in [5.74, 6) is 0.735.